The van der Waals surface area contributed by atoms with Crippen LogP contribution >= 0.6 is 0 Å². The van der Waals surface area contributed by atoms with E-state index in [4.69, 9.17) is 5.26 Å². The molecule has 1 aromatic rings. The number of aliphatic hydroxyl groups excluding tert-OH is 1. The van der Waals surface area contributed by atoms with E-state index >= 15 is 0 Å². The van der Waals surface area contributed by atoms with Crippen molar-refractivity contribution in [3.05, 3.63) is 29.8 Å². The lowest BCUT2D eigenvalue weighted by Gasteiger charge is -2.26. The van der Waals surface area contributed by atoms with Crippen LogP contribution in [0.1, 0.15) is 31.9 Å². The number of hydrogen-bond acceptors (Lipinski definition) is 3. The minimum absolute atomic E-state index is 0.625. The zero-order chi connectivity index (χ0) is 13.1. The van der Waals surface area contributed by atoms with Gasteiger partial charge in [-0.1, -0.05) is 19.1 Å². The minimum Gasteiger partial charge on any atom is -0.387 e. The van der Waals surface area contributed by atoms with Gasteiger partial charge < -0.3 is 10.0 Å². The molecule has 17 heavy (non-hydrogen) atoms. The summed E-state index contributed by atoms with van der Waals surface area (Å²) in [5, 5.41) is 19.4. The first-order chi connectivity index (χ1) is 7.94. The second-order valence-electron chi connectivity index (χ2n) is 4.77. The molecule has 1 aromatic carbocycles. The third kappa shape index (κ3) is 2.78. The van der Waals surface area contributed by atoms with E-state index in [1.54, 1.807) is 6.92 Å². The van der Waals surface area contributed by atoms with Gasteiger partial charge in [-0.25, -0.2) is 0 Å². The second-order valence-corrected chi connectivity index (χ2v) is 4.77. The molecule has 0 aromatic heterocycles. The van der Waals surface area contributed by atoms with Gasteiger partial charge in [0.1, 0.15) is 0 Å². The number of nitrogens with zero attached hydrogens (tertiary/aromatic N) is 2. The van der Waals surface area contributed by atoms with E-state index in [9.17, 15) is 5.11 Å². The van der Waals surface area contributed by atoms with Gasteiger partial charge in [-0.2, -0.15) is 5.26 Å². The van der Waals surface area contributed by atoms with Gasteiger partial charge in [0.15, 0.2) is 0 Å². The maximum atomic E-state index is 10.2. The predicted octanol–water partition coefficient (Wildman–Crippen LogP) is 2.73. The molecular formula is C14H20N2O. The van der Waals surface area contributed by atoms with Gasteiger partial charge in [-0.3, -0.25) is 0 Å². The van der Waals surface area contributed by atoms with Crippen LogP contribution in [0, 0.1) is 16.7 Å². The van der Waals surface area contributed by atoms with Crippen molar-refractivity contribution in [2.75, 3.05) is 19.0 Å². The molecule has 3 heteroatoms. The summed E-state index contributed by atoms with van der Waals surface area (Å²) < 4.78 is 0. The Bertz CT molecular complexity index is 405. The highest BCUT2D eigenvalue weighted by Gasteiger charge is 2.32. The summed E-state index contributed by atoms with van der Waals surface area (Å²) in [6, 6.07) is 9.86. The van der Waals surface area contributed by atoms with E-state index in [2.05, 4.69) is 6.07 Å². The molecule has 1 N–H and O–H groups in total. The molecule has 92 valence electrons. The first kappa shape index (κ1) is 13.5. The Kier molecular flexibility index (Phi) is 4.14. The molecule has 0 bridgehead atoms. The fourth-order valence-corrected chi connectivity index (χ4v) is 1.66. The van der Waals surface area contributed by atoms with Crippen LogP contribution in [0.2, 0.25) is 0 Å². The van der Waals surface area contributed by atoms with Crippen molar-refractivity contribution in [2.24, 2.45) is 5.41 Å². The van der Waals surface area contributed by atoms with Gasteiger partial charge in [0.2, 0.25) is 0 Å². The fraction of sp³-hybridized carbons (Fsp3) is 0.500. The quantitative estimate of drug-likeness (QED) is 0.868. The molecule has 0 saturated heterocycles. The summed E-state index contributed by atoms with van der Waals surface area (Å²) in [7, 11) is 3.94. The molecule has 0 spiro atoms. The van der Waals surface area contributed by atoms with Gasteiger partial charge in [-0.05, 0) is 31.0 Å². The SMILES string of the molecule is CCC(C)(C#N)C(O)c1ccc(N(C)C)cc1. The van der Waals surface area contributed by atoms with Crippen LogP contribution in [0.25, 0.3) is 0 Å². The number of nitriles is 1. The lowest BCUT2D eigenvalue weighted by atomic mass is 9.80. The molecule has 0 amide bonds. The maximum absolute atomic E-state index is 10.2. The number of rotatable bonds is 4. The van der Waals surface area contributed by atoms with Crippen LogP contribution in [-0.2, 0) is 0 Å². The number of aliphatic hydroxyl groups is 1. The molecule has 0 aliphatic carbocycles. The fourth-order valence-electron chi connectivity index (χ4n) is 1.66. The Morgan fingerprint density at radius 1 is 1.35 bits per heavy atom. The molecule has 0 fully saturated rings. The van der Waals surface area contributed by atoms with Crippen molar-refractivity contribution in [3.8, 4) is 6.07 Å². The minimum atomic E-state index is -0.742. The van der Waals surface area contributed by atoms with Crippen molar-refractivity contribution in [3.63, 3.8) is 0 Å². The van der Waals surface area contributed by atoms with Gasteiger partial charge >= 0.3 is 0 Å². The van der Waals surface area contributed by atoms with Crippen molar-refractivity contribution in [1.82, 2.24) is 0 Å². The van der Waals surface area contributed by atoms with E-state index in [0.29, 0.717) is 6.42 Å². The monoisotopic (exact) mass is 232 g/mol. The van der Waals surface area contributed by atoms with Crippen LogP contribution in [0.4, 0.5) is 5.69 Å². The summed E-state index contributed by atoms with van der Waals surface area (Å²) in [5.41, 5.74) is 1.15. The molecule has 1 rings (SSSR count). The largest absolute Gasteiger partial charge is 0.387 e. The van der Waals surface area contributed by atoms with Crippen LogP contribution in [0.15, 0.2) is 24.3 Å². The van der Waals surface area contributed by atoms with Crippen molar-refractivity contribution in [1.29, 1.82) is 5.26 Å². The standard InChI is InChI=1S/C14H20N2O/c1-5-14(2,10-15)13(17)11-6-8-12(9-7-11)16(3)4/h6-9,13,17H,5H2,1-4H3. The van der Waals surface area contributed by atoms with Gasteiger partial charge in [0, 0.05) is 19.8 Å². The van der Waals surface area contributed by atoms with Crippen LogP contribution in [-0.4, -0.2) is 19.2 Å². The smallest absolute Gasteiger partial charge is 0.0973 e. The Morgan fingerprint density at radius 2 is 1.88 bits per heavy atom. The topological polar surface area (TPSA) is 47.3 Å². The van der Waals surface area contributed by atoms with E-state index in [-0.39, 0.29) is 0 Å². The van der Waals surface area contributed by atoms with Crippen LogP contribution < -0.4 is 4.90 Å². The number of benzene rings is 1. The number of hydrogen-bond donors (Lipinski definition) is 1. The summed E-state index contributed by atoms with van der Waals surface area (Å²) in [6.07, 6.45) is -0.117. The average molecular weight is 232 g/mol. The van der Waals surface area contributed by atoms with Crippen molar-refractivity contribution in [2.45, 2.75) is 26.4 Å². The second kappa shape index (κ2) is 5.20. The summed E-state index contributed by atoms with van der Waals surface area (Å²) in [4.78, 5) is 2.00. The lowest BCUT2D eigenvalue weighted by molar-refractivity contribution is 0.0722. The highest BCUT2D eigenvalue weighted by Crippen LogP contribution is 2.36. The van der Waals surface area contributed by atoms with E-state index in [1.165, 1.54) is 0 Å². The molecule has 0 aliphatic heterocycles. The normalized spacial score (nSPS) is 15.8. The van der Waals surface area contributed by atoms with Crippen molar-refractivity contribution >= 4 is 5.69 Å². The maximum Gasteiger partial charge on any atom is 0.0973 e. The summed E-state index contributed by atoms with van der Waals surface area (Å²) >= 11 is 0. The third-order valence-electron chi connectivity index (χ3n) is 3.32. The lowest BCUT2D eigenvalue weighted by Crippen LogP contribution is -2.23. The van der Waals surface area contributed by atoms with E-state index in [0.717, 1.165) is 11.3 Å². The molecular weight excluding hydrogens is 212 g/mol. The Balaban J connectivity index is 2.98. The van der Waals surface area contributed by atoms with Gasteiger partial charge in [0.05, 0.1) is 17.6 Å². The highest BCUT2D eigenvalue weighted by molar-refractivity contribution is 5.46. The van der Waals surface area contributed by atoms with Crippen molar-refractivity contribution < 1.29 is 5.11 Å². The Labute approximate surface area is 103 Å². The molecule has 3 nitrogen and oxygen atoms in total. The molecule has 0 saturated carbocycles. The number of anilines is 1. The Hall–Kier alpha value is -1.53. The molecule has 2 unspecified atom stereocenters. The molecule has 0 heterocycles. The first-order valence-electron chi connectivity index (χ1n) is 5.81. The summed E-state index contributed by atoms with van der Waals surface area (Å²) in [5.74, 6) is 0. The van der Waals surface area contributed by atoms with E-state index in [1.807, 2.05) is 50.2 Å². The highest BCUT2D eigenvalue weighted by atomic mass is 16.3. The van der Waals surface area contributed by atoms with Crippen LogP contribution in [0.5, 0.6) is 0 Å². The zero-order valence-corrected chi connectivity index (χ0v) is 10.9. The van der Waals surface area contributed by atoms with Gasteiger partial charge in [-0.15, -0.1) is 0 Å². The van der Waals surface area contributed by atoms with Gasteiger partial charge in [0.25, 0.3) is 0 Å². The van der Waals surface area contributed by atoms with Crippen LogP contribution in [0.3, 0.4) is 0 Å². The third-order valence-corrected chi connectivity index (χ3v) is 3.32. The first-order valence-corrected chi connectivity index (χ1v) is 5.81. The molecule has 2 atom stereocenters. The summed E-state index contributed by atoms with van der Waals surface area (Å²) in [6.45, 7) is 3.71. The molecule has 0 radical (unpaired) electrons. The zero-order valence-electron chi connectivity index (χ0n) is 10.9. The predicted molar refractivity (Wildman–Crippen MR) is 69.7 cm³/mol. The molecule has 0 aliphatic rings. The average Bonchev–Trinajstić information content (AvgIpc) is 2.37. The Morgan fingerprint density at radius 3 is 2.24 bits per heavy atom. The van der Waals surface area contributed by atoms with E-state index < -0.39 is 11.5 Å².